The number of amides is 1. The first kappa shape index (κ1) is 20.2. The number of benzene rings is 2. The molecule has 0 spiro atoms. The molecule has 140 valence electrons. The SMILES string of the molecule is COc1ccc(S(=O)(=O)N[C@@H](CO)C(=O)NCc2ccc(Cl)cc2)cc1. The molecule has 2 aromatic carbocycles. The molecule has 0 aliphatic heterocycles. The number of hydrogen-bond acceptors (Lipinski definition) is 5. The number of ether oxygens (including phenoxy) is 1. The Morgan fingerprint density at radius 2 is 1.77 bits per heavy atom. The number of nitrogens with one attached hydrogen (secondary N) is 2. The molecule has 0 saturated heterocycles. The van der Waals surface area contributed by atoms with E-state index in [1.165, 1.54) is 31.4 Å². The molecular formula is C17H19ClN2O5S. The Kier molecular flexibility index (Phi) is 6.98. The van der Waals surface area contributed by atoms with Gasteiger partial charge in [-0.15, -0.1) is 0 Å². The Morgan fingerprint density at radius 3 is 2.31 bits per heavy atom. The maximum absolute atomic E-state index is 12.4. The third-order valence-electron chi connectivity index (χ3n) is 3.55. The second kappa shape index (κ2) is 9.00. The molecule has 1 amide bonds. The quantitative estimate of drug-likeness (QED) is 0.621. The fourth-order valence-corrected chi connectivity index (χ4v) is 3.41. The summed E-state index contributed by atoms with van der Waals surface area (Å²) in [5, 5.41) is 12.5. The van der Waals surface area contributed by atoms with Crippen molar-refractivity contribution < 1.29 is 23.1 Å². The molecular weight excluding hydrogens is 380 g/mol. The molecule has 0 radical (unpaired) electrons. The number of aliphatic hydroxyl groups excluding tert-OH is 1. The normalized spacial score (nSPS) is 12.4. The van der Waals surface area contributed by atoms with E-state index in [0.717, 1.165) is 5.56 Å². The highest BCUT2D eigenvalue weighted by molar-refractivity contribution is 7.89. The van der Waals surface area contributed by atoms with Crippen molar-refractivity contribution in [2.75, 3.05) is 13.7 Å². The third kappa shape index (κ3) is 5.43. The van der Waals surface area contributed by atoms with E-state index in [4.69, 9.17) is 16.3 Å². The topological polar surface area (TPSA) is 105 Å². The first-order valence-electron chi connectivity index (χ1n) is 7.65. The van der Waals surface area contributed by atoms with Crippen LogP contribution in [0.1, 0.15) is 5.56 Å². The summed E-state index contributed by atoms with van der Waals surface area (Å²) in [4.78, 5) is 12.1. The minimum atomic E-state index is -3.97. The van der Waals surface area contributed by atoms with Crippen LogP contribution in [0.4, 0.5) is 0 Å². The predicted octanol–water partition coefficient (Wildman–Crippen LogP) is 1.30. The van der Waals surface area contributed by atoms with E-state index in [9.17, 15) is 18.3 Å². The molecule has 0 bridgehead atoms. The fraction of sp³-hybridized carbons (Fsp3) is 0.235. The van der Waals surface area contributed by atoms with E-state index in [1.807, 2.05) is 0 Å². The van der Waals surface area contributed by atoms with Crippen LogP contribution >= 0.6 is 11.6 Å². The molecule has 1 atom stereocenters. The average Bonchev–Trinajstić information content (AvgIpc) is 2.65. The zero-order valence-corrected chi connectivity index (χ0v) is 15.5. The van der Waals surface area contributed by atoms with Gasteiger partial charge in [0.2, 0.25) is 15.9 Å². The van der Waals surface area contributed by atoms with Crippen molar-refractivity contribution in [2.45, 2.75) is 17.5 Å². The van der Waals surface area contributed by atoms with Crippen molar-refractivity contribution in [1.82, 2.24) is 10.0 Å². The molecule has 0 heterocycles. The Bertz CT molecular complexity index is 838. The van der Waals surface area contributed by atoms with E-state index in [2.05, 4.69) is 10.0 Å². The standard InChI is InChI=1S/C17H19ClN2O5S/c1-25-14-6-8-15(9-7-14)26(23,24)20-16(11-21)17(22)19-10-12-2-4-13(18)5-3-12/h2-9,16,20-21H,10-11H2,1H3,(H,19,22)/t16-/m0/s1. The average molecular weight is 399 g/mol. The van der Waals surface area contributed by atoms with Gasteiger partial charge >= 0.3 is 0 Å². The van der Waals surface area contributed by atoms with E-state index in [-0.39, 0.29) is 11.4 Å². The van der Waals surface area contributed by atoms with Crippen LogP contribution in [-0.2, 0) is 21.4 Å². The minimum Gasteiger partial charge on any atom is -0.497 e. The van der Waals surface area contributed by atoms with Gasteiger partial charge in [-0.3, -0.25) is 4.79 Å². The summed E-state index contributed by atoms with van der Waals surface area (Å²) in [5.74, 6) is -0.136. The van der Waals surface area contributed by atoms with E-state index >= 15 is 0 Å². The Hall–Kier alpha value is -2.13. The van der Waals surface area contributed by atoms with Crippen LogP contribution in [0.15, 0.2) is 53.4 Å². The Morgan fingerprint density at radius 1 is 1.15 bits per heavy atom. The number of carbonyl (C=O) groups excluding carboxylic acids is 1. The van der Waals surface area contributed by atoms with Gasteiger partial charge in [0.25, 0.3) is 0 Å². The van der Waals surface area contributed by atoms with Gasteiger partial charge in [-0.1, -0.05) is 23.7 Å². The number of rotatable bonds is 8. The molecule has 0 aliphatic rings. The van der Waals surface area contributed by atoms with Crippen LogP contribution in [0.5, 0.6) is 5.75 Å². The highest BCUT2D eigenvalue weighted by Gasteiger charge is 2.25. The molecule has 0 unspecified atom stereocenters. The van der Waals surface area contributed by atoms with Crippen LogP contribution in [0.3, 0.4) is 0 Å². The van der Waals surface area contributed by atoms with Gasteiger partial charge in [0, 0.05) is 11.6 Å². The molecule has 0 fully saturated rings. The van der Waals surface area contributed by atoms with Gasteiger partial charge < -0.3 is 15.2 Å². The summed E-state index contributed by atoms with van der Waals surface area (Å²) in [7, 11) is -2.51. The highest BCUT2D eigenvalue weighted by Crippen LogP contribution is 2.15. The second-order valence-corrected chi connectivity index (χ2v) is 7.53. The smallest absolute Gasteiger partial charge is 0.241 e. The monoisotopic (exact) mass is 398 g/mol. The lowest BCUT2D eigenvalue weighted by molar-refractivity contribution is -0.123. The lowest BCUT2D eigenvalue weighted by atomic mass is 10.2. The van der Waals surface area contributed by atoms with Crippen LogP contribution in [0.25, 0.3) is 0 Å². The first-order chi connectivity index (χ1) is 12.4. The van der Waals surface area contributed by atoms with Crippen molar-refractivity contribution >= 4 is 27.5 Å². The summed E-state index contributed by atoms with van der Waals surface area (Å²) in [5.41, 5.74) is 0.789. The number of methoxy groups -OCH3 is 1. The molecule has 0 aromatic heterocycles. The van der Waals surface area contributed by atoms with Crippen LogP contribution in [0.2, 0.25) is 5.02 Å². The first-order valence-corrected chi connectivity index (χ1v) is 9.51. The molecule has 7 nitrogen and oxygen atoms in total. The summed E-state index contributed by atoms with van der Waals surface area (Å²) in [6, 6.07) is 11.2. The summed E-state index contributed by atoms with van der Waals surface area (Å²) in [6.07, 6.45) is 0. The predicted molar refractivity (Wildman–Crippen MR) is 97.5 cm³/mol. The fourth-order valence-electron chi connectivity index (χ4n) is 2.10. The van der Waals surface area contributed by atoms with Gasteiger partial charge in [0.1, 0.15) is 11.8 Å². The maximum atomic E-state index is 12.4. The van der Waals surface area contributed by atoms with E-state index in [0.29, 0.717) is 10.8 Å². The van der Waals surface area contributed by atoms with Crippen molar-refractivity contribution in [1.29, 1.82) is 0 Å². The van der Waals surface area contributed by atoms with Crippen LogP contribution in [0, 0.1) is 0 Å². The highest BCUT2D eigenvalue weighted by atomic mass is 35.5. The molecule has 0 saturated carbocycles. The number of aliphatic hydroxyl groups is 1. The van der Waals surface area contributed by atoms with Gasteiger partial charge in [-0.25, -0.2) is 8.42 Å². The zero-order chi connectivity index (χ0) is 19.2. The largest absolute Gasteiger partial charge is 0.497 e. The van der Waals surface area contributed by atoms with Crippen molar-refractivity contribution in [2.24, 2.45) is 0 Å². The lowest BCUT2D eigenvalue weighted by Gasteiger charge is -2.16. The minimum absolute atomic E-state index is 0.0396. The number of hydrogen-bond donors (Lipinski definition) is 3. The van der Waals surface area contributed by atoms with E-state index < -0.39 is 28.6 Å². The lowest BCUT2D eigenvalue weighted by Crippen LogP contribution is -2.48. The molecule has 26 heavy (non-hydrogen) atoms. The van der Waals surface area contributed by atoms with Gasteiger partial charge in [-0.2, -0.15) is 4.72 Å². The molecule has 0 aliphatic carbocycles. The van der Waals surface area contributed by atoms with Crippen molar-refractivity contribution in [3.63, 3.8) is 0 Å². The van der Waals surface area contributed by atoms with Gasteiger partial charge in [0.15, 0.2) is 0 Å². The second-order valence-electron chi connectivity index (χ2n) is 5.38. The number of carbonyl (C=O) groups is 1. The number of halogens is 1. The molecule has 3 N–H and O–H groups in total. The summed E-state index contributed by atoms with van der Waals surface area (Å²) >= 11 is 5.79. The van der Waals surface area contributed by atoms with E-state index in [1.54, 1.807) is 24.3 Å². The van der Waals surface area contributed by atoms with Crippen molar-refractivity contribution in [3.8, 4) is 5.75 Å². The Balaban J connectivity index is 2.01. The van der Waals surface area contributed by atoms with Crippen LogP contribution in [-0.4, -0.2) is 39.2 Å². The third-order valence-corrected chi connectivity index (χ3v) is 5.29. The van der Waals surface area contributed by atoms with Gasteiger partial charge in [0.05, 0.1) is 18.6 Å². The molecule has 2 aromatic rings. The molecule has 2 rings (SSSR count). The summed E-state index contributed by atoms with van der Waals surface area (Å²) in [6.45, 7) is -0.501. The maximum Gasteiger partial charge on any atom is 0.241 e. The van der Waals surface area contributed by atoms with Crippen molar-refractivity contribution in [3.05, 3.63) is 59.1 Å². The Labute approximate surface area is 157 Å². The zero-order valence-electron chi connectivity index (χ0n) is 14.0. The van der Waals surface area contributed by atoms with Crippen LogP contribution < -0.4 is 14.8 Å². The number of sulfonamides is 1. The van der Waals surface area contributed by atoms with Gasteiger partial charge in [-0.05, 0) is 42.0 Å². The molecule has 9 heteroatoms. The summed E-state index contributed by atoms with van der Waals surface area (Å²) < 4.78 is 31.9.